The molecule has 0 fully saturated rings. The van der Waals surface area contributed by atoms with E-state index in [1.165, 1.54) is 11.8 Å². The van der Waals surface area contributed by atoms with Gasteiger partial charge in [0.05, 0.1) is 12.0 Å². The van der Waals surface area contributed by atoms with Crippen LogP contribution in [0.2, 0.25) is 0 Å². The molecule has 0 unspecified atom stereocenters. The molecule has 0 aliphatic rings. The normalized spacial score (nSPS) is 10.2. The SMILES string of the molecule is COc1ccccc1Sc1nc(N)ncc1C. The zero-order valence-corrected chi connectivity index (χ0v) is 10.5. The maximum atomic E-state index is 5.58. The average molecular weight is 247 g/mol. The van der Waals surface area contributed by atoms with Crippen LogP contribution in [0.5, 0.6) is 5.75 Å². The van der Waals surface area contributed by atoms with Crippen molar-refractivity contribution in [2.24, 2.45) is 0 Å². The molecule has 2 rings (SSSR count). The molecule has 2 aromatic rings. The molecule has 0 saturated carbocycles. The number of nitrogens with two attached hydrogens (primary N) is 1. The Morgan fingerprint density at radius 3 is 2.82 bits per heavy atom. The van der Waals surface area contributed by atoms with Gasteiger partial charge in [0.2, 0.25) is 5.95 Å². The van der Waals surface area contributed by atoms with E-state index in [1.807, 2.05) is 31.2 Å². The zero-order valence-electron chi connectivity index (χ0n) is 9.68. The standard InChI is InChI=1S/C12H13N3OS/c1-8-7-14-12(13)15-11(8)17-10-6-4-3-5-9(10)16-2/h3-7H,1-2H3,(H2,13,14,15). The van der Waals surface area contributed by atoms with Crippen molar-refractivity contribution in [2.75, 3.05) is 12.8 Å². The Bertz CT molecular complexity index is 531. The number of rotatable bonds is 3. The van der Waals surface area contributed by atoms with Crippen molar-refractivity contribution < 1.29 is 4.74 Å². The summed E-state index contributed by atoms with van der Waals surface area (Å²) in [5, 5.41) is 0.849. The van der Waals surface area contributed by atoms with Gasteiger partial charge in [-0.1, -0.05) is 23.9 Å². The summed E-state index contributed by atoms with van der Waals surface area (Å²) in [6, 6.07) is 7.80. The van der Waals surface area contributed by atoms with Crippen molar-refractivity contribution in [3.63, 3.8) is 0 Å². The lowest BCUT2D eigenvalue weighted by molar-refractivity contribution is 0.405. The van der Waals surface area contributed by atoms with Crippen molar-refractivity contribution in [3.05, 3.63) is 36.0 Å². The number of nitrogens with zero attached hydrogens (tertiary/aromatic N) is 2. The van der Waals surface area contributed by atoms with Crippen LogP contribution in [0.3, 0.4) is 0 Å². The van der Waals surface area contributed by atoms with E-state index in [0.717, 1.165) is 21.2 Å². The highest BCUT2D eigenvalue weighted by Gasteiger charge is 2.08. The second-order valence-corrected chi connectivity index (χ2v) is 4.50. The Balaban J connectivity index is 2.34. The Morgan fingerprint density at radius 2 is 2.06 bits per heavy atom. The molecule has 2 N–H and O–H groups in total. The Labute approximate surface area is 104 Å². The number of hydrogen-bond acceptors (Lipinski definition) is 5. The molecular weight excluding hydrogens is 234 g/mol. The van der Waals surface area contributed by atoms with E-state index in [2.05, 4.69) is 9.97 Å². The highest BCUT2D eigenvalue weighted by atomic mass is 32.2. The maximum Gasteiger partial charge on any atom is 0.221 e. The summed E-state index contributed by atoms with van der Waals surface area (Å²) in [5.41, 5.74) is 6.58. The number of ether oxygens (including phenoxy) is 1. The first-order chi connectivity index (χ1) is 8.20. The van der Waals surface area contributed by atoms with Crippen molar-refractivity contribution in [3.8, 4) is 5.75 Å². The predicted octanol–water partition coefficient (Wildman–Crippen LogP) is 2.53. The summed E-state index contributed by atoms with van der Waals surface area (Å²) in [4.78, 5) is 9.17. The zero-order chi connectivity index (χ0) is 12.3. The van der Waals surface area contributed by atoms with E-state index < -0.39 is 0 Å². The van der Waals surface area contributed by atoms with Crippen LogP contribution in [0.25, 0.3) is 0 Å². The number of benzene rings is 1. The Hall–Kier alpha value is -1.75. The molecule has 0 saturated heterocycles. The first-order valence-electron chi connectivity index (χ1n) is 5.10. The Morgan fingerprint density at radius 1 is 1.29 bits per heavy atom. The molecule has 1 aromatic carbocycles. The number of nitrogen functional groups attached to an aromatic ring is 1. The summed E-state index contributed by atoms with van der Waals surface area (Å²) in [6.45, 7) is 1.96. The molecule has 0 aliphatic carbocycles. The molecule has 0 amide bonds. The van der Waals surface area contributed by atoms with Crippen LogP contribution in [0.1, 0.15) is 5.56 Å². The summed E-state index contributed by atoms with van der Waals surface area (Å²) in [5.74, 6) is 1.11. The number of methoxy groups -OCH3 is 1. The van der Waals surface area contributed by atoms with E-state index in [-0.39, 0.29) is 5.95 Å². The lowest BCUT2D eigenvalue weighted by atomic mass is 10.3. The Kier molecular flexibility index (Phi) is 3.49. The van der Waals surface area contributed by atoms with Crippen LogP contribution in [-0.4, -0.2) is 17.1 Å². The summed E-state index contributed by atoms with van der Waals surface area (Å²) < 4.78 is 5.29. The number of aryl methyl sites for hydroxylation is 1. The molecule has 5 heteroatoms. The fraction of sp³-hybridized carbons (Fsp3) is 0.167. The summed E-state index contributed by atoms with van der Waals surface area (Å²) >= 11 is 1.52. The van der Waals surface area contributed by atoms with Gasteiger partial charge in [0.15, 0.2) is 0 Å². The van der Waals surface area contributed by atoms with Gasteiger partial charge in [-0.3, -0.25) is 0 Å². The van der Waals surface area contributed by atoms with Gasteiger partial charge in [0.1, 0.15) is 10.8 Å². The molecule has 0 radical (unpaired) electrons. The van der Waals surface area contributed by atoms with Gasteiger partial charge < -0.3 is 10.5 Å². The van der Waals surface area contributed by atoms with Crippen LogP contribution < -0.4 is 10.5 Å². The third kappa shape index (κ3) is 2.68. The maximum absolute atomic E-state index is 5.58. The quantitative estimate of drug-likeness (QED) is 0.844. The predicted molar refractivity (Wildman–Crippen MR) is 68.3 cm³/mol. The smallest absolute Gasteiger partial charge is 0.221 e. The van der Waals surface area contributed by atoms with Crippen molar-refractivity contribution in [1.29, 1.82) is 0 Å². The molecule has 1 heterocycles. The molecule has 0 aliphatic heterocycles. The molecular formula is C12H13N3OS. The van der Waals surface area contributed by atoms with Gasteiger partial charge in [-0.05, 0) is 19.1 Å². The van der Waals surface area contributed by atoms with Crippen molar-refractivity contribution in [2.45, 2.75) is 16.8 Å². The molecule has 17 heavy (non-hydrogen) atoms. The highest BCUT2D eigenvalue weighted by molar-refractivity contribution is 7.99. The van der Waals surface area contributed by atoms with Gasteiger partial charge >= 0.3 is 0 Å². The largest absolute Gasteiger partial charge is 0.496 e. The van der Waals surface area contributed by atoms with E-state index in [0.29, 0.717) is 0 Å². The van der Waals surface area contributed by atoms with Gasteiger partial charge in [0, 0.05) is 11.8 Å². The third-order valence-corrected chi connectivity index (χ3v) is 3.38. The highest BCUT2D eigenvalue weighted by Crippen LogP contribution is 2.34. The number of para-hydroxylation sites is 1. The van der Waals surface area contributed by atoms with E-state index in [9.17, 15) is 0 Å². The number of anilines is 1. The van der Waals surface area contributed by atoms with Crippen LogP contribution in [0.15, 0.2) is 40.4 Å². The first kappa shape index (κ1) is 11.7. The van der Waals surface area contributed by atoms with E-state index in [1.54, 1.807) is 13.3 Å². The molecule has 0 atom stereocenters. The van der Waals surface area contributed by atoms with Crippen LogP contribution in [-0.2, 0) is 0 Å². The molecule has 1 aromatic heterocycles. The monoisotopic (exact) mass is 247 g/mol. The van der Waals surface area contributed by atoms with Gasteiger partial charge in [0.25, 0.3) is 0 Å². The minimum absolute atomic E-state index is 0.285. The minimum atomic E-state index is 0.285. The summed E-state index contributed by atoms with van der Waals surface area (Å²) in [6.07, 6.45) is 1.72. The molecule has 0 spiro atoms. The van der Waals surface area contributed by atoms with Gasteiger partial charge in [-0.25, -0.2) is 9.97 Å². The van der Waals surface area contributed by atoms with Gasteiger partial charge in [-0.2, -0.15) is 0 Å². The van der Waals surface area contributed by atoms with Crippen LogP contribution >= 0.6 is 11.8 Å². The van der Waals surface area contributed by atoms with Crippen molar-refractivity contribution >= 4 is 17.7 Å². The first-order valence-corrected chi connectivity index (χ1v) is 5.92. The summed E-state index contributed by atoms with van der Waals surface area (Å²) in [7, 11) is 1.65. The number of hydrogen-bond donors (Lipinski definition) is 1. The van der Waals surface area contributed by atoms with Crippen LogP contribution in [0, 0.1) is 6.92 Å². The third-order valence-electron chi connectivity index (χ3n) is 2.22. The minimum Gasteiger partial charge on any atom is -0.496 e. The fourth-order valence-electron chi connectivity index (χ4n) is 1.35. The van der Waals surface area contributed by atoms with Gasteiger partial charge in [-0.15, -0.1) is 0 Å². The van der Waals surface area contributed by atoms with E-state index >= 15 is 0 Å². The number of aromatic nitrogens is 2. The van der Waals surface area contributed by atoms with Crippen molar-refractivity contribution in [1.82, 2.24) is 9.97 Å². The molecule has 88 valence electrons. The average Bonchev–Trinajstić information content (AvgIpc) is 2.34. The molecule has 4 nitrogen and oxygen atoms in total. The fourth-order valence-corrected chi connectivity index (χ4v) is 2.31. The second-order valence-electron chi connectivity index (χ2n) is 3.47. The topological polar surface area (TPSA) is 61.0 Å². The second kappa shape index (κ2) is 5.05. The lowest BCUT2D eigenvalue weighted by Gasteiger charge is -2.08. The lowest BCUT2D eigenvalue weighted by Crippen LogP contribution is -1.97. The van der Waals surface area contributed by atoms with E-state index in [4.69, 9.17) is 10.5 Å². The molecule has 0 bridgehead atoms. The van der Waals surface area contributed by atoms with Crippen LogP contribution in [0.4, 0.5) is 5.95 Å².